The number of hydrogen-bond donors (Lipinski definition) is 3. The zero-order valence-corrected chi connectivity index (χ0v) is 11.5. The molecule has 1 heterocycles. The van der Waals surface area contributed by atoms with E-state index in [0.29, 0.717) is 19.6 Å². The zero-order chi connectivity index (χ0) is 12.4. The maximum atomic E-state index is 9.62. The van der Waals surface area contributed by atoms with Gasteiger partial charge in [0.25, 0.3) is 0 Å². The molecule has 17 heavy (non-hydrogen) atoms. The van der Waals surface area contributed by atoms with E-state index in [1.165, 1.54) is 38.9 Å². The number of thiocarbonyl (C=S) groups is 1. The van der Waals surface area contributed by atoms with Crippen molar-refractivity contribution in [3.8, 4) is 11.5 Å². The maximum absolute atomic E-state index is 9.62. The van der Waals surface area contributed by atoms with Gasteiger partial charge in [0, 0.05) is 6.07 Å². The van der Waals surface area contributed by atoms with Crippen molar-refractivity contribution in [2.24, 2.45) is 0 Å². The number of aromatic hydroxyl groups is 2. The molecule has 0 spiro atoms. The Balaban J connectivity index is 2.23. The standard InChI is InChI=1S/C9H6N2O2S4/c12-4-1-2-5(6(13)3-4)7(14)10-8-11-9(15)17-16-8/h1-3,12-13H,(H,10,11,14,15). The molecule has 2 aromatic rings. The Bertz CT molecular complexity index is 619. The fourth-order valence-corrected chi connectivity index (χ4v) is 3.32. The van der Waals surface area contributed by atoms with Gasteiger partial charge >= 0.3 is 0 Å². The van der Waals surface area contributed by atoms with Gasteiger partial charge in [-0.2, -0.15) is 4.98 Å². The van der Waals surface area contributed by atoms with E-state index >= 15 is 0 Å². The summed E-state index contributed by atoms with van der Waals surface area (Å²) < 4.78 is 0.537. The van der Waals surface area contributed by atoms with E-state index in [0.717, 1.165) is 0 Å². The molecule has 8 heteroatoms. The summed E-state index contributed by atoms with van der Waals surface area (Å²) in [5, 5.41) is 22.3. The second kappa shape index (κ2) is 5.05. The third kappa shape index (κ3) is 2.97. The molecule has 3 N–H and O–H groups in total. The molecule has 0 aliphatic rings. The first-order valence-electron chi connectivity index (χ1n) is 4.37. The molecular weight excluding hydrogens is 296 g/mol. The molecule has 1 aromatic carbocycles. The van der Waals surface area contributed by atoms with Gasteiger partial charge in [0.05, 0.1) is 5.56 Å². The van der Waals surface area contributed by atoms with Crippen molar-refractivity contribution in [3.63, 3.8) is 0 Å². The van der Waals surface area contributed by atoms with Crippen molar-refractivity contribution in [1.82, 2.24) is 4.98 Å². The molecule has 0 atom stereocenters. The second-order valence-corrected chi connectivity index (χ2v) is 6.17. The Morgan fingerprint density at radius 2 is 2.06 bits per heavy atom. The second-order valence-electron chi connectivity index (χ2n) is 3.01. The van der Waals surface area contributed by atoms with Gasteiger partial charge < -0.3 is 15.5 Å². The molecule has 2 rings (SSSR count). The number of nitrogens with one attached hydrogen (secondary N) is 1. The average molecular weight is 302 g/mol. The molecule has 0 fully saturated rings. The van der Waals surface area contributed by atoms with Gasteiger partial charge in [-0.15, -0.1) is 0 Å². The third-order valence-electron chi connectivity index (χ3n) is 1.83. The summed E-state index contributed by atoms with van der Waals surface area (Å²) in [6, 6.07) is 4.21. The number of benzene rings is 1. The Morgan fingerprint density at radius 3 is 2.65 bits per heavy atom. The summed E-state index contributed by atoms with van der Waals surface area (Å²) in [5.74, 6) is -0.0975. The molecule has 0 unspecified atom stereocenters. The topological polar surface area (TPSA) is 65.4 Å². The summed E-state index contributed by atoms with van der Waals surface area (Å²) in [6.07, 6.45) is 0. The SMILES string of the molecule is Oc1ccc(C(=S)Nc2nc(=S)ss2)c(O)c1. The molecule has 0 radical (unpaired) electrons. The van der Waals surface area contributed by atoms with Crippen LogP contribution in [-0.4, -0.2) is 20.2 Å². The molecule has 0 bridgehead atoms. The minimum absolute atomic E-state index is 0.0154. The van der Waals surface area contributed by atoms with Gasteiger partial charge in [-0.05, 0) is 45.0 Å². The van der Waals surface area contributed by atoms with Crippen LogP contribution in [0.15, 0.2) is 18.2 Å². The lowest BCUT2D eigenvalue weighted by atomic mass is 10.2. The Hall–Kier alpha value is -1.09. The fourth-order valence-electron chi connectivity index (χ4n) is 1.12. The van der Waals surface area contributed by atoms with Gasteiger partial charge in [-0.1, -0.05) is 12.2 Å². The predicted octanol–water partition coefficient (Wildman–Crippen LogP) is 3.13. The molecule has 0 amide bonds. The van der Waals surface area contributed by atoms with Crippen LogP contribution in [0, 0.1) is 3.95 Å². The fraction of sp³-hybridized carbons (Fsp3) is 0. The van der Waals surface area contributed by atoms with Crippen LogP contribution in [-0.2, 0) is 0 Å². The van der Waals surface area contributed by atoms with Gasteiger partial charge in [-0.25, -0.2) is 0 Å². The van der Waals surface area contributed by atoms with Crippen LogP contribution in [0.2, 0.25) is 0 Å². The van der Waals surface area contributed by atoms with Crippen LogP contribution >= 0.6 is 45.1 Å². The summed E-state index contributed by atoms with van der Waals surface area (Å²) in [6.45, 7) is 0. The van der Waals surface area contributed by atoms with Crippen LogP contribution in [0.1, 0.15) is 5.56 Å². The number of phenols is 2. The third-order valence-corrected chi connectivity index (χ3v) is 4.68. The van der Waals surface area contributed by atoms with Gasteiger partial charge in [0.15, 0.2) is 9.09 Å². The average Bonchev–Trinajstić information content (AvgIpc) is 2.63. The first-order chi connectivity index (χ1) is 8.06. The molecule has 0 aliphatic carbocycles. The highest BCUT2D eigenvalue weighted by molar-refractivity contribution is 7.81. The van der Waals surface area contributed by atoms with Crippen LogP contribution in [0.5, 0.6) is 11.5 Å². The molecule has 0 aliphatic heterocycles. The molecule has 0 saturated heterocycles. The number of nitrogens with zero attached hydrogens (tertiary/aromatic N) is 1. The summed E-state index contributed by atoms with van der Waals surface area (Å²) >= 11 is 10.0. The van der Waals surface area contributed by atoms with E-state index < -0.39 is 0 Å². The largest absolute Gasteiger partial charge is 0.508 e. The molecule has 4 nitrogen and oxygen atoms in total. The highest BCUT2D eigenvalue weighted by Gasteiger charge is 2.09. The molecule has 1 aromatic heterocycles. The molecule has 0 saturated carbocycles. The highest BCUT2D eigenvalue weighted by atomic mass is 32.9. The first-order valence-corrected chi connectivity index (χ1v) is 7.33. The number of rotatable bonds is 2. The lowest BCUT2D eigenvalue weighted by Crippen LogP contribution is -2.10. The minimum atomic E-state index is -0.0821. The van der Waals surface area contributed by atoms with Gasteiger partial charge in [-0.3, -0.25) is 0 Å². The zero-order valence-electron chi connectivity index (χ0n) is 8.21. The number of aromatic nitrogens is 1. The Kier molecular flexibility index (Phi) is 3.67. The minimum Gasteiger partial charge on any atom is -0.508 e. The van der Waals surface area contributed by atoms with E-state index in [9.17, 15) is 5.11 Å². The van der Waals surface area contributed by atoms with E-state index in [2.05, 4.69) is 10.3 Å². The van der Waals surface area contributed by atoms with E-state index in [1.807, 2.05) is 0 Å². The Morgan fingerprint density at radius 1 is 1.29 bits per heavy atom. The predicted molar refractivity (Wildman–Crippen MR) is 75.9 cm³/mol. The number of hydrogen-bond acceptors (Lipinski definition) is 7. The first kappa shape index (κ1) is 12.4. The van der Waals surface area contributed by atoms with E-state index in [1.54, 1.807) is 0 Å². The normalized spacial score (nSPS) is 10.1. The van der Waals surface area contributed by atoms with Crippen LogP contribution in [0.3, 0.4) is 0 Å². The van der Waals surface area contributed by atoms with Crippen molar-refractivity contribution >= 4 is 55.2 Å². The maximum Gasteiger partial charge on any atom is 0.200 e. The van der Waals surface area contributed by atoms with E-state index in [-0.39, 0.29) is 11.5 Å². The van der Waals surface area contributed by atoms with Crippen molar-refractivity contribution in [2.75, 3.05) is 5.32 Å². The summed E-state index contributed by atoms with van der Waals surface area (Å²) in [4.78, 5) is 4.38. The lowest BCUT2D eigenvalue weighted by Gasteiger charge is -2.06. The van der Waals surface area contributed by atoms with E-state index in [4.69, 9.17) is 29.5 Å². The van der Waals surface area contributed by atoms with Gasteiger partial charge in [0.1, 0.15) is 16.5 Å². The quantitative estimate of drug-likeness (QED) is 0.585. The smallest absolute Gasteiger partial charge is 0.200 e. The summed E-state index contributed by atoms with van der Waals surface area (Å²) in [5.41, 5.74) is 0.434. The van der Waals surface area contributed by atoms with Crippen molar-refractivity contribution in [3.05, 3.63) is 27.7 Å². The molecule has 88 valence electrons. The van der Waals surface area contributed by atoms with Crippen LogP contribution in [0.25, 0.3) is 0 Å². The number of anilines is 1. The monoisotopic (exact) mass is 302 g/mol. The summed E-state index contributed by atoms with van der Waals surface area (Å²) in [7, 11) is 2.75. The van der Waals surface area contributed by atoms with Crippen molar-refractivity contribution in [1.29, 1.82) is 0 Å². The lowest BCUT2D eigenvalue weighted by molar-refractivity contribution is 0.450. The van der Waals surface area contributed by atoms with Gasteiger partial charge in [0.2, 0.25) is 0 Å². The van der Waals surface area contributed by atoms with Crippen molar-refractivity contribution in [2.45, 2.75) is 0 Å². The van der Waals surface area contributed by atoms with Crippen LogP contribution in [0.4, 0.5) is 5.13 Å². The highest BCUT2D eigenvalue weighted by Crippen LogP contribution is 2.25. The van der Waals surface area contributed by atoms with Crippen molar-refractivity contribution < 1.29 is 10.2 Å². The molecular formula is C9H6N2O2S4. The Labute approximate surface area is 115 Å². The number of phenolic OH excluding ortho intramolecular Hbond substituents is 2. The van der Waals surface area contributed by atoms with Crippen LogP contribution < -0.4 is 5.32 Å².